The SMILES string of the molecule is CCCCCCCCCCCCCCCC(=O)C1(C(=O)O)C(O)CCN1C(O)CCCCCCCCCCCCCCC. The Morgan fingerprint density at radius 3 is 1.35 bits per heavy atom. The van der Waals surface area contributed by atoms with Gasteiger partial charge in [-0.15, -0.1) is 0 Å². The molecule has 0 spiro atoms. The van der Waals surface area contributed by atoms with Gasteiger partial charge in [-0.25, -0.2) is 4.79 Å². The molecule has 1 fully saturated rings. The first-order valence-electron chi connectivity index (χ1n) is 18.8. The van der Waals surface area contributed by atoms with Gasteiger partial charge in [0.2, 0.25) is 5.54 Å². The number of carbonyl (C=O) groups excluding carboxylic acids is 1. The molecule has 3 atom stereocenters. The van der Waals surface area contributed by atoms with Crippen LogP contribution >= 0.6 is 0 Å². The van der Waals surface area contributed by atoms with Crippen molar-refractivity contribution in [2.45, 2.75) is 218 Å². The number of aliphatic carboxylic acids is 1. The Hall–Kier alpha value is -0.980. The highest BCUT2D eigenvalue weighted by Crippen LogP contribution is 2.35. The Morgan fingerprint density at radius 1 is 0.628 bits per heavy atom. The summed E-state index contributed by atoms with van der Waals surface area (Å²) in [7, 11) is 0. The summed E-state index contributed by atoms with van der Waals surface area (Å²) in [4.78, 5) is 27.2. The Labute approximate surface area is 265 Å². The van der Waals surface area contributed by atoms with Crippen LogP contribution in [0.2, 0.25) is 0 Å². The van der Waals surface area contributed by atoms with E-state index < -0.39 is 29.6 Å². The molecule has 0 radical (unpaired) electrons. The highest BCUT2D eigenvalue weighted by molar-refractivity contribution is 6.09. The number of hydrogen-bond acceptors (Lipinski definition) is 5. The van der Waals surface area contributed by atoms with Crippen molar-refractivity contribution in [3.05, 3.63) is 0 Å². The average Bonchev–Trinajstić information content (AvgIpc) is 3.35. The van der Waals surface area contributed by atoms with Gasteiger partial charge >= 0.3 is 5.97 Å². The van der Waals surface area contributed by atoms with Crippen molar-refractivity contribution in [3.8, 4) is 0 Å². The first-order chi connectivity index (χ1) is 20.9. The van der Waals surface area contributed by atoms with E-state index in [9.17, 15) is 24.9 Å². The van der Waals surface area contributed by atoms with E-state index in [1.807, 2.05) is 0 Å². The van der Waals surface area contributed by atoms with Crippen molar-refractivity contribution < 1.29 is 24.9 Å². The molecule has 3 unspecified atom stereocenters. The van der Waals surface area contributed by atoms with Crippen LogP contribution in [0.15, 0.2) is 0 Å². The Bertz CT molecular complexity index is 686. The number of nitrogens with zero attached hydrogens (tertiary/aromatic N) is 1. The second-order valence-corrected chi connectivity index (χ2v) is 13.5. The van der Waals surface area contributed by atoms with E-state index in [4.69, 9.17) is 0 Å². The van der Waals surface area contributed by atoms with Crippen molar-refractivity contribution in [3.63, 3.8) is 0 Å². The molecule has 6 heteroatoms. The summed E-state index contributed by atoms with van der Waals surface area (Å²) in [5, 5.41) is 31.9. The molecule has 6 nitrogen and oxygen atoms in total. The van der Waals surface area contributed by atoms with E-state index in [-0.39, 0.29) is 19.4 Å². The zero-order chi connectivity index (χ0) is 31.6. The predicted octanol–water partition coefficient (Wildman–Crippen LogP) is 9.73. The first kappa shape index (κ1) is 40.0. The maximum absolute atomic E-state index is 13.3. The van der Waals surface area contributed by atoms with Crippen LogP contribution in [0.4, 0.5) is 0 Å². The van der Waals surface area contributed by atoms with Crippen LogP contribution in [0, 0.1) is 0 Å². The molecule has 1 aliphatic heterocycles. The molecule has 43 heavy (non-hydrogen) atoms. The molecule has 0 bridgehead atoms. The quantitative estimate of drug-likeness (QED) is 0.0535. The van der Waals surface area contributed by atoms with Gasteiger partial charge in [0.1, 0.15) is 6.23 Å². The molecule has 0 aliphatic carbocycles. The van der Waals surface area contributed by atoms with Crippen LogP contribution in [0.3, 0.4) is 0 Å². The van der Waals surface area contributed by atoms with Crippen molar-refractivity contribution in [2.24, 2.45) is 0 Å². The van der Waals surface area contributed by atoms with Gasteiger partial charge in [0.25, 0.3) is 0 Å². The van der Waals surface area contributed by atoms with Gasteiger partial charge in [-0.3, -0.25) is 9.69 Å². The molecule has 0 aromatic carbocycles. The fourth-order valence-corrected chi connectivity index (χ4v) is 6.95. The average molecular weight is 610 g/mol. The van der Waals surface area contributed by atoms with Crippen LogP contribution in [0.5, 0.6) is 0 Å². The Kier molecular flexibility index (Phi) is 24.5. The Balaban J connectivity index is 2.26. The number of hydrogen-bond donors (Lipinski definition) is 3. The zero-order valence-corrected chi connectivity index (χ0v) is 28.5. The number of carbonyl (C=O) groups is 2. The lowest BCUT2D eigenvalue weighted by Gasteiger charge is -2.38. The number of likely N-dealkylation sites (tertiary alicyclic amines) is 1. The minimum absolute atomic E-state index is 0.142. The zero-order valence-electron chi connectivity index (χ0n) is 28.5. The number of aliphatic hydroxyl groups is 2. The maximum atomic E-state index is 13.3. The summed E-state index contributed by atoms with van der Waals surface area (Å²) in [6, 6.07) is 0. The fourth-order valence-electron chi connectivity index (χ4n) is 6.95. The number of rotatable bonds is 31. The molecule has 254 valence electrons. The van der Waals surface area contributed by atoms with E-state index in [0.717, 1.165) is 38.5 Å². The van der Waals surface area contributed by atoms with Crippen LogP contribution in [-0.4, -0.2) is 56.4 Å². The minimum atomic E-state index is -2.01. The molecule has 1 heterocycles. The topological polar surface area (TPSA) is 98.1 Å². The Morgan fingerprint density at radius 2 is 0.977 bits per heavy atom. The third-order valence-corrected chi connectivity index (χ3v) is 9.76. The lowest BCUT2D eigenvalue weighted by Crippen LogP contribution is -2.64. The van der Waals surface area contributed by atoms with Crippen molar-refractivity contribution >= 4 is 11.8 Å². The molecule has 1 aliphatic rings. The van der Waals surface area contributed by atoms with E-state index in [1.165, 1.54) is 127 Å². The van der Waals surface area contributed by atoms with Crippen molar-refractivity contribution in [1.29, 1.82) is 0 Å². The summed E-state index contributed by atoms with van der Waals surface area (Å²) in [5.41, 5.74) is -2.01. The molecular formula is C37H71NO5. The second kappa shape index (κ2) is 26.3. The fraction of sp³-hybridized carbons (Fsp3) is 0.946. The lowest BCUT2D eigenvalue weighted by molar-refractivity contribution is -0.171. The van der Waals surface area contributed by atoms with Gasteiger partial charge in [0, 0.05) is 13.0 Å². The highest BCUT2D eigenvalue weighted by Gasteiger charge is 2.60. The van der Waals surface area contributed by atoms with E-state index in [1.54, 1.807) is 0 Å². The van der Waals surface area contributed by atoms with Crippen LogP contribution in [0.25, 0.3) is 0 Å². The number of carboxylic acid groups (broad SMARTS) is 1. The number of carboxylic acids is 1. The van der Waals surface area contributed by atoms with E-state index in [0.29, 0.717) is 12.8 Å². The summed E-state index contributed by atoms with van der Waals surface area (Å²) >= 11 is 0. The van der Waals surface area contributed by atoms with Gasteiger partial charge in [-0.1, -0.05) is 168 Å². The summed E-state index contributed by atoms with van der Waals surface area (Å²) in [6.45, 7) is 4.74. The largest absolute Gasteiger partial charge is 0.479 e. The molecule has 1 rings (SSSR count). The van der Waals surface area contributed by atoms with Gasteiger partial charge < -0.3 is 15.3 Å². The summed E-state index contributed by atoms with van der Waals surface area (Å²) < 4.78 is 0. The second-order valence-electron chi connectivity index (χ2n) is 13.5. The van der Waals surface area contributed by atoms with Crippen molar-refractivity contribution in [2.75, 3.05) is 6.54 Å². The number of ketones is 1. The van der Waals surface area contributed by atoms with Crippen LogP contribution in [-0.2, 0) is 9.59 Å². The molecule has 3 N–H and O–H groups in total. The lowest BCUT2D eigenvalue weighted by atomic mass is 9.85. The molecule has 0 aromatic rings. The first-order valence-corrected chi connectivity index (χ1v) is 18.8. The maximum Gasteiger partial charge on any atom is 0.334 e. The normalized spacial score (nSPS) is 19.7. The van der Waals surface area contributed by atoms with Gasteiger partial charge in [-0.2, -0.15) is 0 Å². The predicted molar refractivity (Wildman–Crippen MR) is 179 cm³/mol. The third kappa shape index (κ3) is 16.2. The number of unbranched alkanes of at least 4 members (excludes halogenated alkanes) is 24. The standard InChI is InChI=1S/C37H71NO5/c1-3-5-7-9-11-13-15-17-19-21-23-25-27-29-33(39)37(36(42)43)34(40)31-32-38(37)35(41)30-28-26-24-22-20-18-16-14-12-10-8-6-4-2/h34-35,40-41H,3-32H2,1-2H3,(H,42,43). The number of aliphatic hydroxyl groups excluding tert-OH is 2. The van der Waals surface area contributed by atoms with Gasteiger partial charge in [-0.05, 0) is 25.7 Å². The molecule has 0 amide bonds. The highest BCUT2D eigenvalue weighted by atomic mass is 16.4. The molecule has 1 saturated heterocycles. The van der Waals surface area contributed by atoms with Crippen molar-refractivity contribution in [1.82, 2.24) is 4.90 Å². The molecule has 0 aromatic heterocycles. The smallest absolute Gasteiger partial charge is 0.334 e. The van der Waals surface area contributed by atoms with Gasteiger partial charge in [0.15, 0.2) is 5.78 Å². The minimum Gasteiger partial charge on any atom is -0.479 e. The summed E-state index contributed by atoms with van der Waals surface area (Å²) in [6.07, 6.45) is 30.2. The number of Topliss-reactive ketones (excluding diaryl/α,β-unsaturated/α-hetero) is 1. The van der Waals surface area contributed by atoms with Crippen LogP contribution in [0.1, 0.15) is 200 Å². The third-order valence-electron chi connectivity index (χ3n) is 9.76. The van der Waals surface area contributed by atoms with E-state index >= 15 is 0 Å². The summed E-state index contributed by atoms with van der Waals surface area (Å²) in [5.74, 6) is -1.76. The molecule has 0 saturated carbocycles. The van der Waals surface area contributed by atoms with Crippen LogP contribution < -0.4 is 0 Å². The molecular weight excluding hydrogens is 538 g/mol. The van der Waals surface area contributed by atoms with E-state index in [2.05, 4.69) is 13.8 Å². The van der Waals surface area contributed by atoms with Gasteiger partial charge in [0.05, 0.1) is 6.10 Å². The monoisotopic (exact) mass is 610 g/mol.